The maximum absolute atomic E-state index is 11.4. The van der Waals surface area contributed by atoms with Crippen molar-refractivity contribution >= 4 is 23.4 Å². The van der Waals surface area contributed by atoms with Crippen LogP contribution in [0.25, 0.3) is 0 Å². The fourth-order valence-electron chi connectivity index (χ4n) is 1.25. The predicted molar refractivity (Wildman–Crippen MR) is 57.2 cm³/mol. The Bertz CT molecular complexity index is 374. The SMILES string of the molecule is COC(=O)Cc1ccccc1C(=O)CCl. The number of ether oxygens (including phenoxy) is 1. The summed E-state index contributed by atoms with van der Waals surface area (Å²) in [6, 6.07) is 6.88. The minimum Gasteiger partial charge on any atom is -0.469 e. The van der Waals surface area contributed by atoms with Gasteiger partial charge in [-0.05, 0) is 5.56 Å². The zero-order valence-electron chi connectivity index (χ0n) is 8.33. The summed E-state index contributed by atoms with van der Waals surface area (Å²) in [6.07, 6.45) is 0.0926. The lowest BCUT2D eigenvalue weighted by Gasteiger charge is -2.05. The summed E-state index contributed by atoms with van der Waals surface area (Å²) in [4.78, 5) is 22.5. The topological polar surface area (TPSA) is 43.4 Å². The summed E-state index contributed by atoms with van der Waals surface area (Å²) >= 11 is 5.46. The van der Waals surface area contributed by atoms with Crippen LogP contribution in [-0.2, 0) is 16.0 Å². The molecule has 80 valence electrons. The van der Waals surface area contributed by atoms with Crippen LogP contribution in [0.2, 0.25) is 0 Å². The summed E-state index contributed by atoms with van der Waals surface area (Å²) in [5.41, 5.74) is 1.13. The van der Waals surface area contributed by atoms with E-state index >= 15 is 0 Å². The first kappa shape index (κ1) is 11.7. The van der Waals surface area contributed by atoms with Gasteiger partial charge in [0.2, 0.25) is 0 Å². The van der Waals surface area contributed by atoms with Gasteiger partial charge in [-0.1, -0.05) is 24.3 Å². The molecular formula is C11H11ClO3. The number of hydrogen-bond acceptors (Lipinski definition) is 3. The number of hydrogen-bond donors (Lipinski definition) is 0. The normalized spacial score (nSPS) is 9.73. The van der Waals surface area contributed by atoms with Crippen molar-refractivity contribution in [3.8, 4) is 0 Å². The van der Waals surface area contributed by atoms with Crippen molar-refractivity contribution in [2.24, 2.45) is 0 Å². The molecule has 0 amide bonds. The number of Topliss-reactive ketones (excluding diaryl/α,β-unsaturated/α-hetero) is 1. The van der Waals surface area contributed by atoms with Crippen LogP contribution in [0.3, 0.4) is 0 Å². The molecule has 0 N–H and O–H groups in total. The third-order valence-electron chi connectivity index (χ3n) is 2.00. The third-order valence-corrected chi connectivity index (χ3v) is 2.24. The highest BCUT2D eigenvalue weighted by Crippen LogP contribution is 2.11. The van der Waals surface area contributed by atoms with Crippen LogP contribution in [0.5, 0.6) is 0 Å². The van der Waals surface area contributed by atoms with Gasteiger partial charge in [-0.15, -0.1) is 11.6 Å². The number of methoxy groups -OCH3 is 1. The van der Waals surface area contributed by atoms with Gasteiger partial charge in [0.25, 0.3) is 0 Å². The molecule has 1 rings (SSSR count). The van der Waals surface area contributed by atoms with E-state index in [9.17, 15) is 9.59 Å². The lowest BCUT2D eigenvalue weighted by molar-refractivity contribution is -0.139. The lowest BCUT2D eigenvalue weighted by atomic mass is 10.0. The molecule has 0 aliphatic rings. The molecule has 0 atom stereocenters. The Kier molecular flexibility index (Phi) is 4.31. The van der Waals surface area contributed by atoms with Gasteiger partial charge in [-0.25, -0.2) is 0 Å². The van der Waals surface area contributed by atoms with E-state index in [2.05, 4.69) is 4.74 Å². The number of benzene rings is 1. The van der Waals surface area contributed by atoms with Gasteiger partial charge in [0, 0.05) is 5.56 Å². The number of carbonyl (C=O) groups excluding carboxylic acids is 2. The van der Waals surface area contributed by atoms with Crippen LogP contribution in [0.15, 0.2) is 24.3 Å². The molecule has 15 heavy (non-hydrogen) atoms. The second-order valence-electron chi connectivity index (χ2n) is 2.97. The summed E-state index contributed by atoms with van der Waals surface area (Å²) in [5.74, 6) is -0.640. The van der Waals surface area contributed by atoms with Crippen LogP contribution >= 0.6 is 11.6 Å². The number of rotatable bonds is 4. The van der Waals surface area contributed by atoms with Crippen LogP contribution in [0, 0.1) is 0 Å². The maximum Gasteiger partial charge on any atom is 0.310 e. The van der Waals surface area contributed by atoms with E-state index in [-0.39, 0.29) is 24.1 Å². The minimum atomic E-state index is -0.371. The quantitative estimate of drug-likeness (QED) is 0.447. The first-order chi connectivity index (χ1) is 7.19. The Balaban J connectivity index is 2.96. The van der Waals surface area contributed by atoms with E-state index in [0.717, 1.165) is 0 Å². The second-order valence-corrected chi connectivity index (χ2v) is 3.23. The molecule has 4 heteroatoms. The molecule has 0 saturated heterocycles. The molecule has 0 radical (unpaired) electrons. The second kappa shape index (κ2) is 5.51. The van der Waals surface area contributed by atoms with Crippen molar-refractivity contribution in [1.29, 1.82) is 0 Å². The van der Waals surface area contributed by atoms with Crippen molar-refractivity contribution in [1.82, 2.24) is 0 Å². The number of alkyl halides is 1. The largest absolute Gasteiger partial charge is 0.469 e. The van der Waals surface area contributed by atoms with Gasteiger partial charge >= 0.3 is 5.97 Å². The molecule has 0 heterocycles. The van der Waals surface area contributed by atoms with Crippen molar-refractivity contribution < 1.29 is 14.3 Å². The predicted octanol–water partition coefficient (Wildman–Crippen LogP) is 1.82. The Labute approximate surface area is 93.0 Å². The van der Waals surface area contributed by atoms with Crippen LogP contribution in [0.1, 0.15) is 15.9 Å². The standard InChI is InChI=1S/C11H11ClO3/c1-15-11(14)6-8-4-2-3-5-9(8)10(13)7-12/h2-5H,6-7H2,1H3. The van der Waals surface area contributed by atoms with Gasteiger partial charge in [0.1, 0.15) is 0 Å². The molecule has 1 aromatic carbocycles. The smallest absolute Gasteiger partial charge is 0.310 e. The Morgan fingerprint density at radius 1 is 1.33 bits per heavy atom. The molecule has 0 aliphatic heterocycles. The lowest BCUT2D eigenvalue weighted by Crippen LogP contribution is -2.10. The number of ketones is 1. The van der Waals surface area contributed by atoms with Crippen LogP contribution < -0.4 is 0 Å². The molecule has 1 aromatic rings. The highest BCUT2D eigenvalue weighted by atomic mass is 35.5. The highest BCUT2D eigenvalue weighted by molar-refractivity contribution is 6.30. The zero-order valence-corrected chi connectivity index (χ0v) is 9.08. The van der Waals surface area contributed by atoms with E-state index in [0.29, 0.717) is 11.1 Å². The summed E-state index contributed by atoms with van der Waals surface area (Å²) in [6.45, 7) is 0. The van der Waals surface area contributed by atoms with E-state index in [1.54, 1.807) is 24.3 Å². The van der Waals surface area contributed by atoms with Crippen molar-refractivity contribution in [2.75, 3.05) is 13.0 Å². The van der Waals surface area contributed by atoms with Gasteiger partial charge in [-0.2, -0.15) is 0 Å². The van der Waals surface area contributed by atoms with Crippen LogP contribution in [-0.4, -0.2) is 24.7 Å². The Morgan fingerprint density at radius 2 is 2.00 bits per heavy atom. The number of esters is 1. The van der Waals surface area contributed by atoms with Crippen molar-refractivity contribution in [3.05, 3.63) is 35.4 Å². The zero-order chi connectivity index (χ0) is 11.3. The highest BCUT2D eigenvalue weighted by Gasteiger charge is 2.12. The first-order valence-corrected chi connectivity index (χ1v) is 4.96. The molecule has 3 nitrogen and oxygen atoms in total. The molecule has 0 aromatic heterocycles. The first-order valence-electron chi connectivity index (χ1n) is 4.43. The van der Waals surface area contributed by atoms with Gasteiger partial charge in [0.15, 0.2) is 5.78 Å². The fourth-order valence-corrected chi connectivity index (χ4v) is 1.39. The Hall–Kier alpha value is -1.35. The molecule has 0 fully saturated rings. The Morgan fingerprint density at radius 3 is 2.60 bits per heavy atom. The summed E-state index contributed by atoms with van der Waals surface area (Å²) in [7, 11) is 1.31. The third kappa shape index (κ3) is 3.06. The minimum absolute atomic E-state index is 0.0851. The van der Waals surface area contributed by atoms with Crippen LogP contribution in [0.4, 0.5) is 0 Å². The van der Waals surface area contributed by atoms with Crippen molar-refractivity contribution in [3.63, 3.8) is 0 Å². The fraction of sp³-hybridized carbons (Fsp3) is 0.273. The molecule has 0 spiro atoms. The van der Waals surface area contributed by atoms with E-state index in [4.69, 9.17) is 11.6 Å². The average molecular weight is 227 g/mol. The molecule has 0 saturated carbocycles. The maximum atomic E-state index is 11.4. The van der Waals surface area contributed by atoms with Gasteiger partial charge < -0.3 is 4.74 Å². The summed E-state index contributed by atoms with van der Waals surface area (Å²) in [5, 5.41) is 0. The number of halogens is 1. The van der Waals surface area contributed by atoms with Crippen molar-refractivity contribution in [2.45, 2.75) is 6.42 Å². The monoisotopic (exact) mass is 226 g/mol. The van der Waals surface area contributed by atoms with Gasteiger partial charge in [-0.3, -0.25) is 9.59 Å². The van der Waals surface area contributed by atoms with E-state index in [1.165, 1.54) is 7.11 Å². The molecule has 0 aliphatic carbocycles. The van der Waals surface area contributed by atoms with E-state index < -0.39 is 0 Å². The average Bonchev–Trinajstić information content (AvgIpc) is 2.28. The molecular weight excluding hydrogens is 216 g/mol. The molecule has 0 bridgehead atoms. The van der Waals surface area contributed by atoms with E-state index in [1.807, 2.05) is 0 Å². The summed E-state index contributed by atoms with van der Waals surface area (Å²) < 4.78 is 4.54. The molecule has 0 unspecified atom stereocenters. The number of carbonyl (C=O) groups is 2. The van der Waals surface area contributed by atoms with Gasteiger partial charge in [0.05, 0.1) is 19.4 Å².